The van der Waals surface area contributed by atoms with Crippen LogP contribution in [0.5, 0.6) is 5.75 Å². The largest absolute Gasteiger partial charge is 0.491 e. The van der Waals surface area contributed by atoms with Crippen LogP contribution in [0.1, 0.15) is 26.7 Å². The van der Waals surface area contributed by atoms with E-state index in [0.29, 0.717) is 5.13 Å². The van der Waals surface area contributed by atoms with Gasteiger partial charge in [0.1, 0.15) is 5.75 Å². The van der Waals surface area contributed by atoms with Crippen molar-refractivity contribution in [3.05, 3.63) is 29.6 Å². The number of piperidine rings is 1. The molecule has 0 unspecified atom stereocenters. The van der Waals surface area contributed by atoms with Crippen LogP contribution < -0.4 is 15.4 Å². The predicted molar refractivity (Wildman–Crippen MR) is 97.5 cm³/mol. The van der Waals surface area contributed by atoms with Crippen LogP contribution in [-0.2, 0) is 4.79 Å². The zero-order valence-electron chi connectivity index (χ0n) is 14.0. The Hall–Kier alpha value is -1.92. The molecule has 0 radical (unpaired) electrons. The third kappa shape index (κ3) is 4.33. The molecular formula is C18H23N3O2S. The number of nitrogens with one attached hydrogen (secondary N) is 2. The van der Waals surface area contributed by atoms with E-state index in [-0.39, 0.29) is 17.9 Å². The fourth-order valence-corrected chi connectivity index (χ4v) is 3.48. The van der Waals surface area contributed by atoms with Crippen molar-refractivity contribution in [1.29, 1.82) is 0 Å². The Morgan fingerprint density at radius 1 is 1.38 bits per heavy atom. The molecule has 2 N–H and O–H groups in total. The van der Waals surface area contributed by atoms with E-state index >= 15 is 0 Å². The molecule has 6 heteroatoms. The van der Waals surface area contributed by atoms with Gasteiger partial charge in [0.15, 0.2) is 5.13 Å². The molecule has 1 aromatic carbocycles. The molecule has 1 saturated heterocycles. The number of rotatable bonds is 5. The quantitative estimate of drug-likeness (QED) is 0.870. The van der Waals surface area contributed by atoms with Gasteiger partial charge in [-0.25, -0.2) is 4.98 Å². The summed E-state index contributed by atoms with van der Waals surface area (Å²) in [6.07, 6.45) is 1.91. The van der Waals surface area contributed by atoms with Crippen molar-refractivity contribution in [1.82, 2.24) is 10.3 Å². The Kier molecular flexibility index (Phi) is 5.48. The third-order valence-corrected chi connectivity index (χ3v) is 4.70. The summed E-state index contributed by atoms with van der Waals surface area (Å²) in [5, 5.41) is 8.85. The number of amides is 1. The first-order valence-electron chi connectivity index (χ1n) is 8.36. The molecule has 24 heavy (non-hydrogen) atoms. The number of carbonyl (C=O) groups is 1. The number of thiazole rings is 1. The number of anilines is 1. The van der Waals surface area contributed by atoms with Gasteiger partial charge in [0.2, 0.25) is 5.91 Å². The molecule has 0 atom stereocenters. The Labute approximate surface area is 146 Å². The first-order chi connectivity index (χ1) is 11.6. The topological polar surface area (TPSA) is 63.2 Å². The second-order valence-corrected chi connectivity index (χ2v) is 7.10. The number of carbonyl (C=O) groups excluding carboxylic acids is 1. The number of nitrogens with zero attached hydrogens (tertiary/aromatic N) is 1. The van der Waals surface area contributed by atoms with E-state index in [9.17, 15) is 4.79 Å². The zero-order valence-corrected chi connectivity index (χ0v) is 14.9. The lowest BCUT2D eigenvalue weighted by Crippen LogP contribution is -2.34. The predicted octanol–water partition coefficient (Wildman–Crippen LogP) is 3.54. The molecule has 1 aliphatic rings. The maximum Gasteiger partial charge on any atom is 0.229 e. The highest BCUT2D eigenvalue weighted by atomic mass is 32.1. The van der Waals surface area contributed by atoms with Gasteiger partial charge in [-0.15, -0.1) is 11.3 Å². The second kappa shape index (κ2) is 7.77. The maximum absolute atomic E-state index is 12.3. The van der Waals surface area contributed by atoms with Crippen LogP contribution in [0.4, 0.5) is 5.13 Å². The molecule has 0 saturated carbocycles. The van der Waals surface area contributed by atoms with Gasteiger partial charge in [-0.05, 0) is 51.9 Å². The van der Waals surface area contributed by atoms with Crippen molar-refractivity contribution in [2.45, 2.75) is 32.8 Å². The van der Waals surface area contributed by atoms with E-state index < -0.39 is 0 Å². The second-order valence-electron chi connectivity index (χ2n) is 6.25. The van der Waals surface area contributed by atoms with E-state index in [4.69, 9.17) is 4.74 Å². The van der Waals surface area contributed by atoms with Gasteiger partial charge in [0.25, 0.3) is 0 Å². The Morgan fingerprint density at radius 3 is 2.92 bits per heavy atom. The van der Waals surface area contributed by atoms with E-state index in [1.807, 2.05) is 43.5 Å². The van der Waals surface area contributed by atoms with Gasteiger partial charge in [0.05, 0.1) is 11.8 Å². The molecule has 0 bridgehead atoms. The lowest BCUT2D eigenvalue weighted by molar-refractivity contribution is -0.120. The molecular weight excluding hydrogens is 322 g/mol. The molecule has 1 fully saturated rings. The van der Waals surface area contributed by atoms with Crippen LogP contribution in [-0.4, -0.2) is 30.1 Å². The van der Waals surface area contributed by atoms with E-state index in [1.54, 1.807) is 0 Å². The Morgan fingerprint density at radius 2 is 2.17 bits per heavy atom. The fraction of sp³-hybridized carbons (Fsp3) is 0.444. The maximum atomic E-state index is 12.3. The number of hydrogen-bond donors (Lipinski definition) is 2. The summed E-state index contributed by atoms with van der Waals surface area (Å²) in [5.74, 6) is 0.992. The van der Waals surface area contributed by atoms with Gasteiger partial charge >= 0.3 is 0 Å². The van der Waals surface area contributed by atoms with Crippen molar-refractivity contribution in [2.24, 2.45) is 5.92 Å². The average molecular weight is 345 g/mol. The van der Waals surface area contributed by atoms with Gasteiger partial charge in [-0.1, -0.05) is 12.1 Å². The minimum Gasteiger partial charge on any atom is -0.491 e. The van der Waals surface area contributed by atoms with Gasteiger partial charge in [-0.3, -0.25) is 4.79 Å². The minimum absolute atomic E-state index is 0.0780. The molecule has 0 spiro atoms. The number of hydrogen-bond acceptors (Lipinski definition) is 5. The van der Waals surface area contributed by atoms with Gasteiger partial charge < -0.3 is 15.4 Å². The molecule has 1 amide bonds. The summed E-state index contributed by atoms with van der Waals surface area (Å²) in [6, 6.07) is 7.88. The van der Waals surface area contributed by atoms with E-state index in [1.165, 1.54) is 11.3 Å². The molecule has 1 aromatic heterocycles. The molecule has 1 aliphatic heterocycles. The standard InChI is InChI=1S/C18H23N3O2S/c1-12(2)23-15-5-3-4-14(10-15)16-11-24-18(20-16)21-17(22)13-6-8-19-9-7-13/h3-5,10-13,19H,6-9H2,1-2H3,(H,20,21,22). The van der Waals surface area contributed by atoms with E-state index in [2.05, 4.69) is 15.6 Å². The van der Waals surface area contributed by atoms with Crippen LogP contribution in [0.25, 0.3) is 11.3 Å². The summed E-state index contributed by atoms with van der Waals surface area (Å²) in [4.78, 5) is 16.8. The van der Waals surface area contributed by atoms with Crippen molar-refractivity contribution in [2.75, 3.05) is 18.4 Å². The van der Waals surface area contributed by atoms with Crippen LogP contribution >= 0.6 is 11.3 Å². The first kappa shape index (κ1) is 16.9. The molecule has 2 heterocycles. The number of benzene rings is 1. The van der Waals surface area contributed by atoms with Crippen LogP contribution in [0, 0.1) is 5.92 Å². The lowest BCUT2D eigenvalue weighted by Gasteiger charge is -2.21. The monoisotopic (exact) mass is 345 g/mol. The minimum atomic E-state index is 0.0780. The van der Waals surface area contributed by atoms with Crippen molar-refractivity contribution >= 4 is 22.4 Å². The number of ether oxygens (including phenoxy) is 1. The van der Waals surface area contributed by atoms with Gasteiger partial charge in [0, 0.05) is 16.9 Å². The first-order valence-corrected chi connectivity index (χ1v) is 9.24. The third-order valence-electron chi connectivity index (χ3n) is 3.95. The van der Waals surface area contributed by atoms with Crippen LogP contribution in [0.3, 0.4) is 0 Å². The normalized spacial score (nSPS) is 15.5. The smallest absolute Gasteiger partial charge is 0.229 e. The van der Waals surface area contributed by atoms with Gasteiger partial charge in [-0.2, -0.15) is 0 Å². The summed E-state index contributed by atoms with van der Waals surface area (Å²) in [5.41, 5.74) is 1.85. The molecule has 128 valence electrons. The average Bonchev–Trinajstić information content (AvgIpc) is 3.04. The summed E-state index contributed by atoms with van der Waals surface area (Å²) in [7, 11) is 0. The highest BCUT2D eigenvalue weighted by Gasteiger charge is 2.21. The van der Waals surface area contributed by atoms with Crippen molar-refractivity contribution < 1.29 is 9.53 Å². The molecule has 2 aromatic rings. The van der Waals surface area contributed by atoms with Crippen LogP contribution in [0.2, 0.25) is 0 Å². The van der Waals surface area contributed by atoms with E-state index in [0.717, 1.165) is 42.9 Å². The highest BCUT2D eigenvalue weighted by molar-refractivity contribution is 7.14. The Bertz CT molecular complexity index is 693. The zero-order chi connectivity index (χ0) is 16.9. The van der Waals surface area contributed by atoms with Crippen molar-refractivity contribution in [3.63, 3.8) is 0 Å². The highest BCUT2D eigenvalue weighted by Crippen LogP contribution is 2.28. The molecule has 5 nitrogen and oxygen atoms in total. The Balaban J connectivity index is 1.67. The lowest BCUT2D eigenvalue weighted by atomic mass is 9.97. The summed E-state index contributed by atoms with van der Waals surface area (Å²) >= 11 is 1.46. The fourth-order valence-electron chi connectivity index (χ4n) is 2.76. The molecule has 0 aliphatic carbocycles. The van der Waals surface area contributed by atoms with Crippen molar-refractivity contribution in [3.8, 4) is 17.0 Å². The summed E-state index contributed by atoms with van der Waals surface area (Å²) in [6.45, 7) is 5.82. The van der Waals surface area contributed by atoms with Crippen LogP contribution in [0.15, 0.2) is 29.6 Å². The molecule has 3 rings (SSSR count). The number of aromatic nitrogens is 1. The summed E-state index contributed by atoms with van der Waals surface area (Å²) < 4.78 is 5.73. The SMILES string of the molecule is CC(C)Oc1cccc(-c2csc(NC(=O)C3CCNCC3)n2)c1.